The van der Waals surface area contributed by atoms with Crippen molar-refractivity contribution >= 4 is 28.2 Å². The Morgan fingerprint density at radius 1 is 1.27 bits per heavy atom. The Bertz CT molecular complexity index is 566. The maximum absolute atomic E-state index is 12.7. The molecule has 0 spiro atoms. The van der Waals surface area contributed by atoms with E-state index in [4.69, 9.17) is 0 Å². The zero-order chi connectivity index (χ0) is 16.3. The molecule has 0 fully saturated rings. The lowest BCUT2D eigenvalue weighted by Crippen LogP contribution is -2.40. The van der Waals surface area contributed by atoms with Crippen molar-refractivity contribution in [3.8, 4) is 0 Å². The average Bonchev–Trinajstić information content (AvgIpc) is 2.74. The van der Waals surface area contributed by atoms with Crippen LogP contribution in [0.5, 0.6) is 0 Å². The van der Waals surface area contributed by atoms with Gasteiger partial charge in [0.25, 0.3) is 5.91 Å². The van der Waals surface area contributed by atoms with Gasteiger partial charge in [0.2, 0.25) is 5.91 Å². The molecule has 2 rings (SSSR count). The molecule has 0 bridgehead atoms. The maximum Gasteiger partial charge on any atom is 0.254 e. The molecule has 0 aliphatic heterocycles. The summed E-state index contributed by atoms with van der Waals surface area (Å²) >= 11 is 1.56. The Balaban J connectivity index is 2.25. The molecule has 122 valence electrons. The number of fused-ring (bicyclic) bond motifs is 1. The second-order valence-electron chi connectivity index (χ2n) is 6.23. The van der Waals surface area contributed by atoms with Crippen LogP contribution in [0.1, 0.15) is 47.5 Å². The number of carbonyl (C=O) groups excluding carboxylic acids is 2. The number of carbonyl (C=O) groups is 2. The van der Waals surface area contributed by atoms with Crippen LogP contribution in [0.4, 0.5) is 5.00 Å². The normalized spacial score (nSPS) is 15.3. The Hall–Kier alpha value is -1.40. The molecule has 5 nitrogen and oxygen atoms in total. The van der Waals surface area contributed by atoms with E-state index in [1.165, 1.54) is 11.8 Å². The molecule has 1 unspecified atom stereocenters. The van der Waals surface area contributed by atoms with Crippen molar-refractivity contribution in [2.24, 2.45) is 0 Å². The van der Waals surface area contributed by atoms with Crippen molar-refractivity contribution < 1.29 is 9.59 Å². The summed E-state index contributed by atoms with van der Waals surface area (Å²) in [5.74, 6) is -0.202. The molecular formula is C16H25N3O2S. The van der Waals surface area contributed by atoms with Crippen LogP contribution in [0.15, 0.2) is 0 Å². The highest BCUT2D eigenvalue weighted by Gasteiger charge is 2.26. The number of nitrogens with zero attached hydrogens (tertiary/aromatic N) is 1. The molecular weight excluding hydrogens is 298 g/mol. The summed E-state index contributed by atoms with van der Waals surface area (Å²) in [5, 5.41) is 6.59. The standard InChI is InChI=1S/C16H25N3O2S/c1-10(9-19(3)4)17-15(21)14-12-7-5-6-8-13(12)22-16(14)18-11(2)20/h10H,5-9H2,1-4H3,(H,17,21)(H,18,20). The fourth-order valence-corrected chi connectivity index (χ4v) is 4.28. The van der Waals surface area contributed by atoms with E-state index in [0.717, 1.165) is 37.8 Å². The van der Waals surface area contributed by atoms with E-state index < -0.39 is 0 Å². The van der Waals surface area contributed by atoms with Gasteiger partial charge >= 0.3 is 0 Å². The highest BCUT2D eigenvalue weighted by molar-refractivity contribution is 7.17. The molecule has 6 heteroatoms. The molecule has 0 aromatic carbocycles. The van der Waals surface area contributed by atoms with Gasteiger partial charge in [0, 0.05) is 24.4 Å². The molecule has 1 aliphatic carbocycles. The molecule has 1 heterocycles. The zero-order valence-electron chi connectivity index (χ0n) is 13.8. The Morgan fingerprint density at radius 3 is 2.59 bits per heavy atom. The second-order valence-corrected chi connectivity index (χ2v) is 7.34. The molecule has 22 heavy (non-hydrogen) atoms. The predicted octanol–water partition coefficient (Wildman–Crippen LogP) is 2.27. The van der Waals surface area contributed by atoms with E-state index in [-0.39, 0.29) is 17.9 Å². The highest BCUT2D eigenvalue weighted by atomic mass is 32.1. The fourth-order valence-electron chi connectivity index (χ4n) is 2.94. The molecule has 0 saturated carbocycles. The molecule has 0 saturated heterocycles. The van der Waals surface area contributed by atoms with Gasteiger partial charge < -0.3 is 15.5 Å². The van der Waals surface area contributed by atoms with Crippen LogP contribution in [0.25, 0.3) is 0 Å². The summed E-state index contributed by atoms with van der Waals surface area (Å²) in [6.45, 7) is 4.26. The minimum absolute atomic E-state index is 0.0619. The summed E-state index contributed by atoms with van der Waals surface area (Å²) < 4.78 is 0. The third kappa shape index (κ3) is 4.08. The highest BCUT2D eigenvalue weighted by Crippen LogP contribution is 2.38. The minimum atomic E-state index is -0.131. The number of hydrogen-bond donors (Lipinski definition) is 2. The third-order valence-corrected chi connectivity index (χ3v) is 4.91. The summed E-state index contributed by atoms with van der Waals surface area (Å²) in [5.41, 5.74) is 1.81. The number of hydrogen-bond acceptors (Lipinski definition) is 4. The van der Waals surface area contributed by atoms with E-state index in [1.54, 1.807) is 11.3 Å². The number of anilines is 1. The Labute approximate surface area is 136 Å². The van der Waals surface area contributed by atoms with Crippen LogP contribution in [-0.4, -0.2) is 43.4 Å². The number of rotatable bonds is 5. The smallest absolute Gasteiger partial charge is 0.254 e. The van der Waals surface area contributed by atoms with Gasteiger partial charge in [-0.25, -0.2) is 0 Å². The van der Waals surface area contributed by atoms with Crippen LogP contribution in [0.2, 0.25) is 0 Å². The molecule has 2 N–H and O–H groups in total. The van der Waals surface area contributed by atoms with Gasteiger partial charge in [-0.15, -0.1) is 11.3 Å². The topological polar surface area (TPSA) is 61.4 Å². The summed E-state index contributed by atoms with van der Waals surface area (Å²) in [4.78, 5) is 27.4. The van der Waals surface area contributed by atoms with Crippen LogP contribution in [-0.2, 0) is 17.6 Å². The van der Waals surface area contributed by atoms with Crippen molar-refractivity contribution in [2.75, 3.05) is 26.0 Å². The fraction of sp³-hybridized carbons (Fsp3) is 0.625. The lowest BCUT2D eigenvalue weighted by molar-refractivity contribution is -0.114. The van der Waals surface area contributed by atoms with Crippen molar-refractivity contribution in [3.05, 3.63) is 16.0 Å². The van der Waals surface area contributed by atoms with Gasteiger partial charge in [0.05, 0.1) is 5.56 Å². The van der Waals surface area contributed by atoms with Gasteiger partial charge in [0.15, 0.2) is 0 Å². The van der Waals surface area contributed by atoms with E-state index >= 15 is 0 Å². The molecule has 1 aromatic rings. The number of nitrogens with one attached hydrogen (secondary N) is 2. The number of aryl methyl sites for hydroxylation is 1. The molecule has 0 radical (unpaired) electrons. The number of amides is 2. The van der Waals surface area contributed by atoms with Gasteiger partial charge in [-0.1, -0.05) is 0 Å². The first kappa shape index (κ1) is 17.0. The van der Waals surface area contributed by atoms with E-state index in [1.807, 2.05) is 25.9 Å². The van der Waals surface area contributed by atoms with Gasteiger partial charge in [0.1, 0.15) is 5.00 Å². The molecule has 2 amide bonds. The number of thiophene rings is 1. The number of likely N-dealkylation sites (N-methyl/N-ethyl adjacent to an activating group) is 1. The van der Waals surface area contributed by atoms with Gasteiger partial charge in [-0.05, 0) is 52.3 Å². The quantitative estimate of drug-likeness (QED) is 0.874. The first-order valence-corrected chi connectivity index (χ1v) is 8.58. The molecule has 1 aromatic heterocycles. The van der Waals surface area contributed by atoms with E-state index in [0.29, 0.717) is 10.6 Å². The van der Waals surface area contributed by atoms with E-state index in [2.05, 4.69) is 10.6 Å². The summed E-state index contributed by atoms with van der Waals surface area (Å²) in [6.07, 6.45) is 4.20. The second kappa shape index (κ2) is 7.24. The Morgan fingerprint density at radius 2 is 1.95 bits per heavy atom. The summed E-state index contributed by atoms with van der Waals surface area (Å²) in [6, 6.07) is 0.0619. The van der Waals surface area contributed by atoms with Crippen LogP contribution >= 0.6 is 11.3 Å². The largest absolute Gasteiger partial charge is 0.348 e. The lowest BCUT2D eigenvalue weighted by atomic mass is 9.95. The average molecular weight is 323 g/mol. The van der Waals surface area contributed by atoms with Crippen LogP contribution < -0.4 is 10.6 Å². The third-order valence-electron chi connectivity index (χ3n) is 3.70. The predicted molar refractivity (Wildman–Crippen MR) is 90.7 cm³/mol. The van der Waals surface area contributed by atoms with E-state index in [9.17, 15) is 9.59 Å². The Kier molecular flexibility index (Phi) is 5.58. The van der Waals surface area contributed by atoms with Crippen molar-refractivity contribution in [3.63, 3.8) is 0 Å². The first-order valence-electron chi connectivity index (χ1n) is 7.76. The lowest BCUT2D eigenvalue weighted by Gasteiger charge is -2.19. The molecule has 1 atom stereocenters. The van der Waals surface area contributed by atoms with Crippen molar-refractivity contribution in [2.45, 2.75) is 45.6 Å². The van der Waals surface area contributed by atoms with Crippen molar-refractivity contribution in [1.82, 2.24) is 10.2 Å². The monoisotopic (exact) mass is 323 g/mol. The maximum atomic E-state index is 12.7. The van der Waals surface area contributed by atoms with Crippen molar-refractivity contribution in [1.29, 1.82) is 0 Å². The minimum Gasteiger partial charge on any atom is -0.348 e. The van der Waals surface area contributed by atoms with Gasteiger partial charge in [-0.3, -0.25) is 9.59 Å². The first-order chi connectivity index (χ1) is 10.4. The molecule has 1 aliphatic rings. The van der Waals surface area contributed by atoms with Crippen LogP contribution in [0, 0.1) is 0 Å². The van der Waals surface area contributed by atoms with Gasteiger partial charge in [-0.2, -0.15) is 0 Å². The summed E-state index contributed by atoms with van der Waals surface area (Å²) in [7, 11) is 3.97. The zero-order valence-corrected chi connectivity index (χ0v) is 14.6. The SMILES string of the molecule is CC(=O)Nc1sc2c(c1C(=O)NC(C)CN(C)C)CCCC2. The van der Waals surface area contributed by atoms with Crippen LogP contribution in [0.3, 0.4) is 0 Å².